The van der Waals surface area contributed by atoms with Gasteiger partial charge in [-0.2, -0.15) is 0 Å². The molecule has 0 bridgehead atoms. The fourth-order valence-electron chi connectivity index (χ4n) is 2.54. The molecule has 0 heterocycles. The number of hydrogen-bond donors (Lipinski definition) is 0. The monoisotopic (exact) mass is 380 g/mol. The van der Waals surface area contributed by atoms with Crippen molar-refractivity contribution in [2.75, 3.05) is 67.7 Å². The third kappa shape index (κ3) is 13.3. The van der Waals surface area contributed by atoms with Gasteiger partial charge in [0, 0.05) is 14.2 Å². The van der Waals surface area contributed by atoms with Crippen LogP contribution in [0.3, 0.4) is 0 Å². The van der Waals surface area contributed by atoms with E-state index in [9.17, 15) is 0 Å². The number of likely N-dealkylation sites (N-methyl/N-ethyl adjacent to an activating group) is 2. The van der Waals surface area contributed by atoms with Gasteiger partial charge in [0.25, 0.3) is 0 Å². The van der Waals surface area contributed by atoms with Crippen molar-refractivity contribution in [1.29, 1.82) is 0 Å². The number of methoxy groups -OCH3 is 2. The van der Waals surface area contributed by atoms with E-state index in [2.05, 4.69) is 55.6 Å². The molecule has 0 radical (unpaired) electrons. The first kappa shape index (κ1) is 29.9. The van der Waals surface area contributed by atoms with Crippen LogP contribution in [0.15, 0.2) is 0 Å². The van der Waals surface area contributed by atoms with Crippen LogP contribution in [-0.4, -0.2) is 94.9 Å². The summed E-state index contributed by atoms with van der Waals surface area (Å²) in [6.07, 6.45) is -2.33. The van der Waals surface area contributed by atoms with E-state index in [1.165, 1.54) is 26.2 Å². The lowest BCUT2D eigenvalue weighted by molar-refractivity contribution is -0.928. The summed E-state index contributed by atoms with van der Waals surface area (Å²) in [5, 5.41) is 16.7. The molecular weight excluding hydrogens is 336 g/mol. The fraction of sp³-hybridized carbons (Fsp3) is 0.947. The fourth-order valence-corrected chi connectivity index (χ4v) is 2.54. The maximum absolute atomic E-state index is 8.33. The Balaban J connectivity index is -0.000000338. The van der Waals surface area contributed by atoms with Gasteiger partial charge in [-0.1, -0.05) is 0 Å². The van der Waals surface area contributed by atoms with Gasteiger partial charge < -0.3 is 33.4 Å². The molecule has 7 heteroatoms. The summed E-state index contributed by atoms with van der Waals surface area (Å²) >= 11 is 0. The zero-order valence-corrected chi connectivity index (χ0v) is 18.8. The predicted molar refractivity (Wildman–Crippen MR) is 103 cm³/mol. The number of rotatable bonds is 10. The van der Waals surface area contributed by atoms with Gasteiger partial charge in [-0.05, 0) is 47.7 Å². The summed E-state index contributed by atoms with van der Waals surface area (Å²) in [5.41, 5.74) is 0. The third-order valence-electron chi connectivity index (χ3n) is 5.83. The van der Waals surface area contributed by atoms with E-state index in [0.717, 1.165) is 22.2 Å². The Hall–Kier alpha value is -0.890. The maximum atomic E-state index is 8.33. The van der Waals surface area contributed by atoms with Crippen molar-refractivity contribution >= 4 is 6.16 Å². The molecule has 0 amide bonds. The van der Waals surface area contributed by atoms with Crippen molar-refractivity contribution in [3.63, 3.8) is 0 Å². The molecule has 0 aromatic rings. The Morgan fingerprint density at radius 2 is 0.962 bits per heavy atom. The SMILES string of the molecule is CC[N+](C)(CC)C(C)COC.CC[N+](C)(CC)C(C)COC.O=C([O-])[O-]. The van der Waals surface area contributed by atoms with E-state index < -0.39 is 6.16 Å². The zero-order chi connectivity index (χ0) is 21.4. The topological polar surface area (TPSA) is 81.7 Å². The van der Waals surface area contributed by atoms with E-state index in [-0.39, 0.29) is 0 Å². The second-order valence-corrected chi connectivity index (χ2v) is 7.08. The number of hydrogen-bond acceptors (Lipinski definition) is 5. The standard InChI is InChI=1S/2C9H22NO.CH2O3/c2*1-6-10(4,7-2)9(3)8-11-5;2-1(3)4/h2*9H,6-8H2,1-5H3;(H2,2,3,4)/q2*+1;/p-2. The lowest BCUT2D eigenvalue weighted by Gasteiger charge is -2.37. The van der Waals surface area contributed by atoms with Gasteiger partial charge in [0.15, 0.2) is 0 Å². The first-order chi connectivity index (χ1) is 11.9. The number of quaternary nitrogens is 2. The Labute approximate surface area is 161 Å². The van der Waals surface area contributed by atoms with Crippen LogP contribution in [0.1, 0.15) is 41.5 Å². The highest BCUT2D eigenvalue weighted by Gasteiger charge is 2.25. The summed E-state index contributed by atoms with van der Waals surface area (Å²) < 4.78 is 12.5. The van der Waals surface area contributed by atoms with Crippen LogP contribution in [0.4, 0.5) is 4.79 Å². The van der Waals surface area contributed by atoms with E-state index in [0.29, 0.717) is 12.1 Å². The minimum Gasteiger partial charge on any atom is -0.652 e. The van der Waals surface area contributed by atoms with Gasteiger partial charge >= 0.3 is 0 Å². The predicted octanol–water partition coefficient (Wildman–Crippen LogP) is 0.568. The van der Waals surface area contributed by atoms with Gasteiger partial charge in [-0.15, -0.1) is 0 Å². The summed E-state index contributed by atoms with van der Waals surface area (Å²) in [7, 11) is 8.10. The Morgan fingerprint density at radius 1 is 0.769 bits per heavy atom. The normalized spacial score (nSPS) is 13.6. The molecule has 7 nitrogen and oxygen atoms in total. The molecule has 0 saturated heterocycles. The minimum absolute atomic E-state index is 0.606. The highest BCUT2D eigenvalue weighted by molar-refractivity contribution is 5.47. The highest BCUT2D eigenvalue weighted by Crippen LogP contribution is 2.09. The van der Waals surface area contributed by atoms with Crippen LogP contribution in [0.25, 0.3) is 0 Å². The van der Waals surface area contributed by atoms with E-state index >= 15 is 0 Å². The summed E-state index contributed by atoms with van der Waals surface area (Å²) in [5.74, 6) is 0. The lowest BCUT2D eigenvalue weighted by Crippen LogP contribution is -2.52. The molecule has 0 aliphatic carbocycles. The molecule has 26 heavy (non-hydrogen) atoms. The van der Waals surface area contributed by atoms with Gasteiger partial charge in [0.1, 0.15) is 12.1 Å². The summed E-state index contributed by atoms with van der Waals surface area (Å²) in [4.78, 5) is 8.33. The first-order valence-corrected chi connectivity index (χ1v) is 9.48. The van der Waals surface area contributed by atoms with Crippen molar-refractivity contribution in [2.24, 2.45) is 0 Å². The smallest absolute Gasteiger partial charge is 0.110 e. The number of carboxylic acid groups (broad SMARTS) is 2. The van der Waals surface area contributed by atoms with Gasteiger partial charge in [-0.25, -0.2) is 0 Å². The molecule has 0 rings (SSSR count). The van der Waals surface area contributed by atoms with Crippen molar-refractivity contribution in [3.8, 4) is 0 Å². The van der Waals surface area contributed by atoms with Gasteiger partial charge in [0.2, 0.25) is 0 Å². The average molecular weight is 381 g/mol. The van der Waals surface area contributed by atoms with Gasteiger partial charge in [0.05, 0.1) is 53.5 Å². The molecule has 0 saturated carbocycles. The molecule has 0 N–H and O–H groups in total. The number of ether oxygens (including phenoxy) is 2. The largest absolute Gasteiger partial charge is 0.652 e. The molecule has 0 fully saturated rings. The van der Waals surface area contributed by atoms with Crippen LogP contribution >= 0.6 is 0 Å². The lowest BCUT2D eigenvalue weighted by atomic mass is 10.2. The number of carbonyl (C=O) groups excluding carboxylic acids is 1. The quantitative estimate of drug-likeness (QED) is 0.518. The second kappa shape index (κ2) is 16.3. The Kier molecular flexibility index (Phi) is 18.7. The van der Waals surface area contributed by atoms with Crippen LogP contribution in [0.2, 0.25) is 0 Å². The van der Waals surface area contributed by atoms with Crippen LogP contribution in [-0.2, 0) is 9.47 Å². The molecule has 0 spiro atoms. The molecule has 160 valence electrons. The van der Waals surface area contributed by atoms with Crippen molar-refractivity contribution < 1.29 is 33.4 Å². The molecule has 2 unspecified atom stereocenters. The van der Waals surface area contributed by atoms with Crippen LogP contribution in [0, 0.1) is 0 Å². The maximum Gasteiger partial charge on any atom is 0.110 e. The molecule has 0 aromatic carbocycles. The van der Waals surface area contributed by atoms with Crippen molar-refractivity contribution in [2.45, 2.75) is 53.6 Å². The Morgan fingerprint density at radius 3 is 1.08 bits per heavy atom. The first-order valence-electron chi connectivity index (χ1n) is 9.48. The molecule has 2 atom stereocenters. The van der Waals surface area contributed by atoms with Gasteiger partial charge in [-0.3, -0.25) is 0 Å². The molecule has 0 aliphatic heterocycles. The number of nitrogens with zero attached hydrogens (tertiary/aromatic N) is 2. The second-order valence-electron chi connectivity index (χ2n) is 7.08. The minimum atomic E-state index is -2.33. The molecule has 0 aromatic heterocycles. The third-order valence-corrected chi connectivity index (χ3v) is 5.83. The summed E-state index contributed by atoms with van der Waals surface area (Å²) in [6, 6.07) is 1.21. The van der Waals surface area contributed by atoms with E-state index in [1.807, 2.05) is 0 Å². The van der Waals surface area contributed by atoms with Crippen LogP contribution < -0.4 is 10.2 Å². The zero-order valence-electron chi connectivity index (χ0n) is 18.8. The Bertz CT molecular complexity index is 302. The number of carbonyl (C=O) groups is 1. The van der Waals surface area contributed by atoms with Crippen molar-refractivity contribution in [3.05, 3.63) is 0 Å². The van der Waals surface area contributed by atoms with Crippen LogP contribution in [0.5, 0.6) is 0 Å². The summed E-state index contributed by atoms with van der Waals surface area (Å²) in [6.45, 7) is 19.9. The van der Waals surface area contributed by atoms with E-state index in [4.69, 9.17) is 24.5 Å². The van der Waals surface area contributed by atoms with Crippen molar-refractivity contribution in [1.82, 2.24) is 0 Å². The molecule has 0 aliphatic rings. The highest BCUT2D eigenvalue weighted by atomic mass is 16.6. The molecular formula is C19H44N2O5. The van der Waals surface area contributed by atoms with E-state index in [1.54, 1.807) is 14.2 Å². The average Bonchev–Trinajstić information content (AvgIpc) is 2.60.